The number of ether oxygens (including phenoxy) is 2. The minimum Gasteiger partial charge on any atom is -0.462 e. The molecular formula is C31H33ClN2O7S2. The zero-order valence-electron chi connectivity index (χ0n) is 24.1. The van der Waals surface area contributed by atoms with Crippen LogP contribution in [0.25, 0.3) is 0 Å². The van der Waals surface area contributed by atoms with Crippen LogP contribution < -0.4 is 9.62 Å². The fourth-order valence-corrected chi connectivity index (χ4v) is 7.74. The number of rotatable bonds is 11. The molecule has 0 unspecified atom stereocenters. The van der Waals surface area contributed by atoms with Crippen molar-refractivity contribution in [2.24, 2.45) is 5.92 Å². The van der Waals surface area contributed by atoms with Crippen LogP contribution in [0.5, 0.6) is 0 Å². The highest BCUT2D eigenvalue weighted by Crippen LogP contribution is 2.40. The van der Waals surface area contributed by atoms with E-state index in [0.29, 0.717) is 33.6 Å². The first-order valence-electron chi connectivity index (χ1n) is 13.8. The van der Waals surface area contributed by atoms with Crippen LogP contribution >= 0.6 is 22.9 Å². The van der Waals surface area contributed by atoms with Gasteiger partial charge < -0.3 is 14.8 Å². The summed E-state index contributed by atoms with van der Waals surface area (Å²) >= 11 is 7.30. The second-order valence-corrected chi connectivity index (χ2v) is 13.5. The highest BCUT2D eigenvalue weighted by Gasteiger charge is 2.31. The van der Waals surface area contributed by atoms with E-state index in [4.69, 9.17) is 21.1 Å². The fraction of sp³-hybridized carbons (Fsp3) is 0.323. The summed E-state index contributed by atoms with van der Waals surface area (Å²) in [6, 6.07) is 11.7. The lowest BCUT2D eigenvalue weighted by Gasteiger charge is -2.23. The Bertz CT molecular complexity index is 1630. The second-order valence-electron chi connectivity index (χ2n) is 10.1. The van der Waals surface area contributed by atoms with Crippen LogP contribution in [0.4, 0.5) is 10.7 Å². The number of sulfonamides is 1. The van der Waals surface area contributed by atoms with Gasteiger partial charge in [-0.05, 0) is 87.1 Å². The maximum Gasteiger partial charge on any atom is 0.341 e. The van der Waals surface area contributed by atoms with Gasteiger partial charge in [-0.2, -0.15) is 0 Å². The van der Waals surface area contributed by atoms with Gasteiger partial charge in [-0.15, -0.1) is 17.9 Å². The molecule has 0 radical (unpaired) electrons. The van der Waals surface area contributed by atoms with Gasteiger partial charge in [-0.1, -0.05) is 30.7 Å². The lowest BCUT2D eigenvalue weighted by molar-refractivity contribution is -0.123. The van der Waals surface area contributed by atoms with Gasteiger partial charge in [0.25, 0.3) is 15.9 Å². The number of halogens is 1. The summed E-state index contributed by atoms with van der Waals surface area (Å²) < 4.78 is 38.9. The molecule has 2 atom stereocenters. The minimum absolute atomic E-state index is 0.0192. The zero-order chi connectivity index (χ0) is 31.3. The SMILES string of the molecule is C=CCN(c1ccc(Cl)cc1)S(=O)(=O)c1cccc(C(=O)O[C@H](C)C(=O)Nc2sc3c(c2C(=O)OCC)CC[C@H](C)C3)c1. The van der Waals surface area contributed by atoms with Gasteiger partial charge in [0.15, 0.2) is 6.10 Å². The molecule has 12 heteroatoms. The molecule has 228 valence electrons. The Morgan fingerprint density at radius 1 is 1.19 bits per heavy atom. The number of esters is 2. The van der Waals surface area contributed by atoms with Crippen molar-refractivity contribution >= 4 is 61.5 Å². The maximum atomic E-state index is 13.5. The van der Waals surface area contributed by atoms with Crippen LogP contribution in [0.2, 0.25) is 5.02 Å². The number of thiophene rings is 1. The first kappa shape index (κ1) is 32.2. The number of fused-ring (bicyclic) bond motifs is 1. The van der Waals surface area contributed by atoms with E-state index in [0.717, 1.165) is 27.6 Å². The topological polar surface area (TPSA) is 119 Å². The van der Waals surface area contributed by atoms with Crippen molar-refractivity contribution in [3.05, 3.63) is 87.8 Å². The first-order valence-corrected chi connectivity index (χ1v) is 16.4. The third-order valence-corrected chi connectivity index (χ3v) is 10.2. The van der Waals surface area contributed by atoms with Crippen molar-refractivity contribution in [3.8, 4) is 0 Å². The molecule has 0 saturated carbocycles. The van der Waals surface area contributed by atoms with Crippen LogP contribution in [0, 0.1) is 5.92 Å². The van der Waals surface area contributed by atoms with E-state index < -0.39 is 34.0 Å². The summed E-state index contributed by atoms with van der Waals surface area (Å²) in [5.41, 5.74) is 1.56. The number of hydrogen-bond acceptors (Lipinski definition) is 8. The summed E-state index contributed by atoms with van der Waals surface area (Å²) in [6.45, 7) is 9.09. The average molecular weight is 645 g/mol. The van der Waals surface area contributed by atoms with E-state index in [2.05, 4.69) is 18.8 Å². The van der Waals surface area contributed by atoms with Gasteiger partial charge in [0, 0.05) is 9.90 Å². The molecule has 1 aliphatic carbocycles. The molecule has 0 fully saturated rings. The molecule has 3 aromatic rings. The predicted molar refractivity (Wildman–Crippen MR) is 168 cm³/mol. The molecule has 1 aliphatic rings. The highest BCUT2D eigenvalue weighted by atomic mass is 35.5. The van der Waals surface area contributed by atoms with Crippen molar-refractivity contribution in [2.75, 3.05) is 22.8 Å². The van der Waals surface area contributed by atoms with Crippen molar-refractivity contribution in [3.63, 3.8) is 0 Å². The summed E-state index contributed by atoms with van der Waals surface area (Å²) in [5, 5.41) is 3.56. The second kappa shape index (κ2) is 13.7. The van der Waals surface area contributed by atoms with Gasteiger partial charge in [-0.25, -0.2) is 18.0 Å². The van der Waals surface area contributed by atoms with E-state index in [1.165, 1.54) is 48.6 Å². The Kier molecular flexibility index (Phi) is 10.3. The molecule has 9 nitrogen and oxygen atoms in total. The number of anilines is 2. The molecule has 0 spiro atoms. The number of carbonyl (C=O) groups is 3. The monoisotopic (exact) mass is 644 g/mol. The van der Waals surface area contributed by atoms with E-state index >= 15 is 0 Å². The lowest BCUT2D eigenvalue weighted by Crippen LogP contribution is -2.32. The van der Waals surface area contributed by atoms with Gasteiger partial charge in [0.1, 0.15) is 5.00 Å². The Morgan fingerprint density at radius 2 is 1.91 bits per heavy atom. The normalized spacial score (nSPS) is 15.1. The summed E-state index contributed by atoms with van der Waals surface area (Å²) in [5.74, 6) is -1.56. The van der Waals surface area contributed by atoms with E-state index in [1.54, 1.807) is 31.2 Å². The summed E-state index contributed by atoms with van der Waals surface area (Å²) in [7, 11) is -4.10. The average Bonchev–Trinajstić information content (AvgIpc) is 3.33. The van der Waals surface area contributed by atoms with Crippen LogP contribution in [0.3, 0.4) is 0 Å². The van der Waals surface area contributed by atoms with Gasteiger partial charge in [0.05, 0.1) is 34.9 Å². The standard InChI is InChI=1S/C31H33ClN2O7S2/c1-5-16-34(23-13-11-22(32)12-14-23)43(38,39)24-9-7-8-21(18-24)30(36)41-20(4)28(35)33-29-27(31(37)40-6-2)25-15-10-19(3)17-26(25)42-29/h5,7-9,11-14,18-20H,1,6,10,15-17H2,2-4H3,(H,33,35)/t19-,20+/m0/s1. The zero-order valence-corrected chi connectivity index (χ0v) is 26.5. The van der Waals surface area contributed by atoms with Crippen molar-refractivity contribution in [2.45, 2.75) is 51.0 Å². The predicted octanol–water partition coefficient (Wildman–Crippen LogP) is 6.27. The van der Waals surface area contributed by atoms with Crippen molar-refractivity contribution < 1.29 is 32.3 Å². The third-order valence-electron chi connectivity index (χ3n) is 6.95. The molecular weight excluding hydrogens is 612 g/mol. The first-order chi connectivity index (χ1) is 20.5. The van der Waals surface area contributed by atoms with Crippen LogP contribution in [0.1, 0.15) is 58.3 Å². The number of nitrogens with zero attached hydrogens (tertiary/aromatic N) is 1. The lowest BCUT2D eigenvalue weighted by atomic mass is 9.88. The molecule has 0 saturated heterocycles. The Morgan fingerprint density at radius 3 is 2.58 bits per heavy atom. The van der Waals surface area contributed by atoms with Crippen LogP contribution in [-0.2, 0) is 37.1 Å². The number of carbonyl (C=O) groups excluding carboxylic acids is 3. The summed E-state index contributed by atoms with van der Waals surface area (Å²) in [6.07, 6.45) is 2.64. The fourth-order valence-electron chi connectivity index (χ4n) is 4.73. The number of nitrogens with one attached hydrogen (secondary N) is 1. The molecule has 1 amide bonds. The number of hydrogen-bond donors (Lipinski definition) is 1. The molecule has 4 rings (SSSR count). The maximum absolute atomic E-state index is 13.5. The largest absolute Gasteiger partial charge is 0.462 e. The molecule has 1 heterocycles. The molecule has 1 N–H and O–H groups in total. The summed E-state index contributed by atoms with van der Waals surface area (Å²) in [4.78, 5) is 39.8. The smallest absolute Gasteiger partial charge is 0.341 e. The van der Waals surface area contributed by atoms with Crippen molar-refractivity contribution in [1.82, 2.24) is 0 Å². The van der Waals surface area contributed by atoms with Gasteiger partial charge >= 0.3 is 11.9 Å². The molecule has 43 heavy (non-hydrogen) atoms. The highest BCUT2D eigenvalue weighted by molar-refractivity contribution is 7.92. The quantitative estimate of drug-likeness (QED) is 0.193. The van der Waals surface area contributed by atoms with E-state index in [9.17, 15) is 22.8 Å². The molecule has 0 bridgehead atoms. The van der Waals surface area contributed by atoms with Gasteiger partial charge in [-0.3, -0.25) is 9.10 Å². The van der Waals surface area contributed by atoms with E-state index in [-0.39, 0.29) is 23.6 Å². The minimum atomic E-state index is -4.10. The number of benzene rings is 2. The Labute approximate surface area is 260 Å². The van der Waals surface area contributed by atoms with Gasteiger partial charge in [0.2, 0.25) is 0 Å². The number of amides is 1. The van der Waals surface area contributed by atoms with Crippen LogP contribution in [-0.4, -0.2) is 45.5 Å². The van der Waals surface area contributed by atoms with Crippen LogP contribution in [0.15, 0.2) is 66.1 Å². The Balaban J connectivity index is 1.52. The molecule has 0 aliphatic heterocycles. The Hall–Kier alpha value is -3.67. The molecule has 2 aromatic carbocycles. The third kappa shape index (κ3) is 7.29. The molecule has 1 aromatic heterocycles. The van der Waals surface area contributed by atoms with Crippen molar-refractivity contribution in [1.29, 1.82) is 0 Å². The van der Waals surface area contributed by atoms with E-state index in [1.807, 2.05) is 0 Å².